The summed E-state index contributed by atoms with van der Waals surface area (Å²) in [6.45, 7) is 0. The van der Waals surface area contributed by atoms with Crippen molar-refractivity contribution in [2.75, 3.05) is 0 Å². The maximum Gasteiger partial charge on any atom is 0.194 e. The average molecular weight is 307 g/mol. The largest absolute Gasteiger partial charge is 0.204 e. The Morgan fingerprint density at radius 3 is 2.24 bits per heavy atom. The highest BCUT2D eigenvalue weighted by Crippen LogP contribution is 2.35. The van der Waals surface area contributed by atoms with E-state index in [1.54, 1.807) is 12.1 Å². The Kier molecular flexibility index (Phi) is 3.60. The maximum absolute atomic E-state index is 13.9. The molecule has 0 saturated heterocycles. The Morgan fingerprint density at radius 2 is 1.43 bits per heavy atom. The third-order valence-corrected chi connectivity index (χ3v) is 3.90. The van der Waals surface area contributed by atoms with Crippen LogP contribution in [0.5, 0.6) is 0 Å². The van der Waals surface area contributed by atoms with E-state index in [9.17, 15) is 13.2 Å². The summed E-state index contributed by atoms with van der Waals surface area (Å²) in [7, 11) is 0. The summed E-state index contributed by atoms with van der Waals surface area (Å²) in [5.74, 6) is -3.97. The molecule has 0 N–H and O–H groups in total. The second kappa shape index (κ2) is 5.41. The van der Waals surface area contributed by atoms with Crippen molar-refractivity contribution in [3.05, 3.63) is 83.2 Å². The molecule has 21 heavy (non-hydrogen) atoms. The van der Waals surface area contributed by atoms with Gasteiger partial charge in [0.1, 0.15) is 0 Å². The number of benzene rings is 3. The summed E-state index contributed by atoms with van der Waals surface area (Å²) >= 11 is 6.31. The van der Waals surface area contributed by atoms with Gasteiger partial charge in [0.25, 0.3) is 0 Å². The van der Waals surface area contributed by atoms with Crippen LogP contribution in [0.15, 0.2) is 54.6 Å². The minimum atomic E-state index is -1.50. The molecule has 0 aliphatic rings. The van der Waals surface area contributed by atoms with E-state index in [4.69, 9.17) is 11.6 Å². The second-order valence-electron chi connectivity index (χ2n) is 4.70. The zero-order valence-electron chi connectivity index (χ0n) is 10.8. The molecule has 0 saturated carbocycles. The molecule has 0 amide bonds. The predicted molar refractivity (Wildman–Crippen MR) is 78.0 cm³/mol. The van der Waals surface area contributed by atoms with E-state index in [-0.39, 0.29) is 5.56 Å². The van der Waals surface area contributed by atoms with Crippen LogP contribution < -0.4 is 0 Å². The molecular formula is C17H10ClF3. The number of halogens is 4. The van der Waals surface area contributed by atoms with Gasteiger partial charge in [-0.2, -0.15) is 0 Å². The Hall–Kier alpha value is -2.00. The molecule has 0 bridgehead atoms. The molecular weight excluding hydrogens is 297 g/mol. The fraction of sp³-hybridized carbons (Fsp3) is 0.0588. The summed E-state index contributed by atoms with van der Waals surface area (Å²) in [6, 6.07) is 15.0. The van der Waals surface area contributed by atoms with E-state index in [1.165, 1.54) is 6.07 Å². The molecule has 106 valence electrons. The molecule has 0 fully saturated rings. The van der Waals surface area contributed by atoms with Crippen LogP contribution in [0.1, 0.15) is 16.5 Å². The van der Waals surface area contributed by atoms with Crippen molar-refractivity contribution in [2.45, 2.75) is 5.38 Å². The van der Waals surface area contributed by atoms with Crippen LogP contribution in [0.25, 0.3) is 10.8 Å². The fourth-order valence-corrected chi connectivity index (χ4v) is 2.73. The first-order valence-electron chi connectivity index (χ1n) is 6.34. The number of hydrogen-bond donors (Lipinski definition) is 0. The zero-order chi connectivity index (χ0) is 15.0. The molecule has 0 aliphatic carbocycles. The lowest BCUT2D eigenvalue weighted by Crippen LogP contribution is -2.02. The van der Waals surface area contributed by atoms with Crippen molar-refractivity contribution in [3.8, 4) is 0 Å². The number of hydrogen-bond acceptors (Lipinski definition) is 0. The summed E-state index contributed by atoms with van der Waals surface area (Å²) < 4.78 is 40.3. The molecule has 3 rings (SSSR count). The number of fused-ring (bicyclic) bond motifs is 1. The van der Waals surface area contributed by atoms with Gasteiger partial charge in [-0.05, 0) is 22.4 Å². The van der Waals surface area contributed by atoms with Gasteiger partial charge in [-0.3, -0.25) is 0 Å². The average Bonchev–Trinajstić information content (AvgIpc) is 2.51. The summed E-state index contributed by atoms with van der Waals surface area (Å²) in [4.78, 5) is 0. The normalized spacial score (nSPS) is 12.6. The Labute approximate surface area is 124 Å². The molecule has 0 nitrogen and oxygen atoms in total. The van der Waals surface area contributed by atoms with Gasteiger partial charge < -0.3 is 0 Å². The van der Waals surface area contributed by atoms with E-state index in [0.717, 1.165) is 16.8 Å². The molecule has 3 aromatic carbocycles. The number of rotatable bonds is 2. The first-order valence-corrected chi connectivity index (χ1v) is 6.78. The lowest BCUT2D eigenvalue weighted by molar-refractivity contribution is 0.441. The van der Waals surface area contributed by atoms with Crippen LogP contribution in [0.2, 0.25) is 0 Å². The minimum absolute atomic E-state index is 0.0769. The SMILES string of the molecule is Fc1ccc(C(Cl)c2cccc3ccccc23)c(F)c1F. The van der Waals surface area contributed by atoms with Crippen molar-refractivity contribution in [2.24, 2.45) is 0 Å². The van der Waals surface area contributed by atoms with Crippen molar-refractivity contribution >= 4 is 22.4 Å². The predicted octanol–water partition coefficient (Wildman–Crippen LogP) is 5.59. The lowest BCUT2D eigenvalue weighted by atomic mass is 9.97. The molecule has 3 aromatic rings. The first-order chi connectivity index (χ1) is 10.1. The second-order valence-corrected chi connectivity index (χ2v) is 5.13. The van der Waals surface area contributed by atoms with Crippen LogP contribution in [0, 0.1) is 17.5 Å². The van der Waals surface area contributed by atoms with Crippen LogP contribution in [-0.4, -0.2) is 0 Å². The van der Waals surface area contributed by atoms with Crippen molar-refractivity contribution in [1.82, 2.24) is 0 Å². The topological polar surface area (TPSA) is 0 Å². The van der Waals surface area contributed by atoms with Crippen LogP contribution in [-0.2, 0) is 0 Å². The van der Waals surface area contributed by atoms with Crippen LogP contribution in [0.4, 0.5) is 13.2 Å². The molecule has 0 spiro atoms. The van der Waals surface area contributed by atoms with Crippen molar-refractivity contribution in [3.63, 3.8) is 0 Å². The standard InChI is InChI=1S/C17H10ClF3/c18-15(13-8-9-14(19)17(21)16(13)20)12-7-3-5-10-4-1-2-6-11(10)12/h1-9,15H. The fourth-order valence-electron chi connectivity index (χ4n) is 2.38. The van der Waals surface area contributed by atoms with Gasteiger partial charge in [0.15, 0.2) is 17.5 Å². The quantitative estimate of drug-likeness (QED) is 0.428. The Balaban J connectivity index is 2.17. The molecule has 1 atom stereocenters. The zero-order valence-corrected chi connectivity index (χ0v) is 11.5. The van der Waals surface area contributed by atoms with Crippen molar-refractivity contribution < 1.29 is 13.2 Å². The van der Waals surface area contributed by atoms with E-state index >= 15 is 0 Å². The summed E-state index contributed by atoms with van der Waals surface area (Å²) in [5.41, 5.74) is 0.576. The highest BCUT2D eigenvalue weighted by atomic mass is 35.5. The van der Waals surface area contributed by atoms with Crippen LogP contribution >= 0.6 is 11.6 Å². The Morgan fingerprint density at radius 1 is 0.714 bits per heavy atom. The minimum Gasteiger partial charge on any atom is -0.204 e. The molecule has 0 aromatic heterocycles. The van der Waals surface area contributed by atoms with E-state index in [1.807, 2.05) is 30.3 Å². The molecule has 0 radical (unpaired) electrons. The van der Waals surface area contributed by atoms with Gasteiger partial charge in [0, 0.05) is 5.56 Å². The smallest absolute Gasteiger partial charge is 0.194 e. The Bertz CT molecular complexity index is 809. The molecule has 4 heteroatoms. The monoisotopic (exact) mass is 306 g/mol. The third kappa shape index (κ3) is 2.38. The van der Waals surface area contributed by atoms with E-state index in [0.29, 0.717) is 5.56 Å². The van der Waals surface area contributed by atoms with Gasteiger partial charge in [0.05, 0.1) is 5.38 Å². The van der Waals surface area contributed by atoms with Gasteiger partial charge in [-0.15, -0.1) is 11.6 Å². The van der Waals surface area contributed by atoms with Gasteiger partial charge in [-0.1, -0.05) is 48.5 Å². The molecule has 1 unspecified atom stereocenters. The van der Waals surface area contributed by atoms with Crippen molar-refractivity contribution in [1.29, 1.82) is 0 Å². The first kappa shape index (κ1) is 14.0. The highest BCUT2D eigenvalue weighted by molar-refractivity contribution is 6.23. The summed E-state index contributed by atoms with van der Waals surface area (Å²) in [6.07, 6.45) is 0. The highest BCUT2D eigenvalue weighted by Gasteiger charge is 2.21. The molecule has 0 aliphatic heterocycles. The number of alkyl halides is 1. The molecule has 0 heterocycles. The third-order valence-electron chi connectivity index (χ3n) is 3.43. The van der Waals surface area contributed by atoms with Gasteiger partial charge >= 0.3 is 0 Å². The van der Waals surface area contributed by atoms with E-state index in [2.05, 4.69) is 0 Å². The summed E-state index contributed by atoms with van der Waals surface area (Å²) in [5, 5.41) is 0.902. The van der Waals surface area contributed by atoms with Gasteiger partial charge in [0.2, 0.25) is 0 Å². The van der Waals surface area contributed by atoms with Crippen LogP contribution in [0.3, 0.4) is 0 Å². The van der Waals surface area contributed by atoms with Gasteiger partial charge in [-0.25, -0.2) is 13.2 Å². The van der Waals surface area contributed by atoms with E-state index < -0.39 is 22.8 Å². The maximum atomic E-state index is 13.9. The lowest BCUT2D eigenvalue weighted by Gasteiger charge is -2.14.